The number of pyridine rings is 3. The Labute approximate surface area is 238 Å². The van der Waals surface area contributed by atoms with Crippen LogP contribution in [0.1, 0.15) is 11.5 Å². The van der Waals surface area contributed by atoms with E-state index in [9.17, 15) is 0 Å². The summed E-state index contributed by atoms with van der Waals surface area (Å²) in [5.41, 5.74) is 10.7. The van der Waals surface area contributed by atoms with Gasteiger partial charge in [-0.15, -0.1) is 0 Å². The third kappa shape index (κ3) is 4.02. The van der Waals surface area contributed by atoms with Crippen molar-refractivity contribution in [3.05, 3.63) is 140 Å². The number of para-hydroxylation sites is 2. The molecule has 5 nitrogen and oxygen atoms in total. The number of hydrogen-bond acceptors (Lipinski definition) is 5. The van der Waals surface area contributed by atoms with Crippen LogP contribution < -0.4 is 4.90 Å². The van der Waals surface area contributed by atoms with Crippen molar-refractivity contribution in [2.24, 2.45) is 4.99 Å². The molecule has 2 aliphatic rings. The van der Waals surface area contributed by atoms with Crippen LogP contribution in [0.5, 0.6) is 0 Å². The first-order chi connectivity index (χ1) is 20.3. The first-order valence-corrected chi connectivity index (χ1v) is 13.8. The Morgan fingerprint density at radius 1 is 0.634 bits per heavy atom. The van der Waals surface area contributed by atoms with Crippen molar-refractivity contribution in [2.75, 3.05) is 4.90 Å². The van der Waals surface area contributed by atoms with Crippen molar-refractivity contribution in [2.45, 2.75) is 12.0 Å². The van der Waals surface area contributed by atoms with Crippen LogP contribution in [0.15, 0.2) is 139 Å². The number of benzene rings is 3. The molecule has 0 saturated carbocycles. The lowest BCUT2D eigenvalue weighted by atomic mass is 9.94. The number of aliphatic imine (C=N–C) groups is 1. The number of hydrogen-bond donors (Lipinski definition) is 0. The van der Waals surface area contributed by atoms with E-state index in [-0.39, 0.29) is 6.04 Å². The Balaban J connectivity index is 1.08. The minimum absolute atomic E-state index is 0.173. The first kappa shape index (κ1) is 23.5. The van der Waals surface area contributed by atoms with E-state index in [1.165, 1.54) is 11.3 Å². The van der Waals surface area contributed by atoms with Crippen LogP contribution in [0.25, 0.3) is 44.5 Å². The lowest BCUT2D eigenvalue weighted by molar-refractivity contribution is 0.787. The first-order valence-electron chi connectivity index (χ1n) is 13.8. The SMILES string of the molecule is C1=CC2c3ccccc3N(c3cccc(-c4ccc(-c5ccc(-c6cccc7cccnc67)cn5)nc4)c3)C2C=N1. The molecule has 41 heavy (non-hydrogen) atoms. The molecular formula is C36H25N5. The van der Waals surface area contributed by atoms with Crippen molar-refractivity contribution in [1.29, 1.82) is 0 Å². The molecule has 0 amide bonds. The molecule has 0 saturated heterocycles. The fraction of sp³-hybridized carbons (Fsp3) is 0.0556. The maximum Gasteiger partial charge on any atom is 0.0886 e. The molecule has 3 aromatic heterocycles. The highest BCUT2D eigenvalue weighted by Gasteiger charge is 2.37. The van der Waals surface area contributed by atoms with Crippen LogP contribution in [0, 0.1) is 0 Å². The van der Waals surface area contributed by atoms with E-state index in [0.29, 0.717) is 5.92 Å². The molecule has 0 fully saturated rings. The van der Waals surface area contributed by atoms with E-state index in [0.717, 1.165) is 50.2 Å². The van der Waals surface area contributed by atoms with E-state index in [2.05, 4.69) is 112 Å². The zero-order valence-corrected chi connectivity index (χ0v) is 22.2. The second kappa shape index (κ2) is 9.65. The number of anilines is 2. The second-order valence-corrected chi connectivity index (χ2v) is 10.4. The average molecular weight is 528 g/mol. The summed E-state index contributed by atoms with van der Waals surface area (Å²) in [5, 5.41) is 1.12. The smallest absolute Gasteiger partial charge is 0.0886 e. The lowest BCUT2D eigenvalue weighted by Crippen LogP contribution is -2.32. The molecule has 3 aromatic carbocycles. The summed E-state index contributed by atoms with van der Waals surface area (Å²) in [6.07, 6.45) is 11.8. The van der Waals surface area contributed by atoms with Gasteiger partial charge in [0.1, 0.15) is 0 Å². The zero-order chi connectivity index (χ0) is 27.2. The van der Waals surface area contributed by atoms with E-state index in [1.54, 1.807) is 0 Å². The highest BCUT2D eigenvalue weighted by atomic mass is 15.2. The fourth-order valence-corrected chi connectivity index (χ4v) is 6.06. The Hall–Kier alpha value is -5.42. The van der Waals surface area contributed by atoms with Gasteiger partial charge in [0.25, 0.3) is 0 Å². The van der Waals surface area contributed by atoms with E-state index < -0.39 is 0 Å². The van der Waals surface area contributed by atoms with Crippen LogP contribution in [0.4, 0.5) is 11.4 Å². The summed E-state index contributed by atoms with van der Waals surface area (Å²) in [5.74, 6) is 0.309. The molecule has 194 valence electrons. The van der Waals surface area contributed by atoms with Crippen molar-refractivity contribution in [1.82, 2.24) is 15.0 Å². The number of rotatable bonds is 4. The summed E-state index contributed by atoms with van der Waals surface area (Å²) in [6.45, 7) is 0. The van der Waals surface area contributed by atoms with Gasteiger partial charge in [-0.1, -0.05) is 72.8 Å². The zero-order valence-electron chi connectivity index (χ0n) is 22.2. The Bertz CT molecular complexity index is 1950. The predicted molar refractivity (Wildman–Crippen MR) is 166 cm³/mol. The number of nitrogens with zero attached hydrogens (tertiary/aromatic N) is 5. The normalized spacial score (nSPS) is 17.0. The molecule has 8 rings (SSSR count). The maximum absolute atomic E-state index is 4.79. The van der Waals surface area contributed by atoms with Gasteiger partial charge in [-0.05, 0) is 47.5 Å². The van der Waals surface area contributed by atoms with Gasteiger partial charge in [-0.2, -0.15) is 0 Å². The monoisotopic (exact) mass is 527 g/mol. The fourth-order valence-electron chi connectivity index (χ4n) is 6.06. The van der Waals surface area contributed by atoms with Crippen molar-refractivity contribution in [3.8, 4) is 33.6 Å². The van der Waals surface area contributed by atoms with Gasteiger partial charge in [0.15, 0.2) is 0 Å². The van der Waals surface area contributed by atoms with Gasteiger partial charge >= 0.3 is 0 Å². The van der Waals surface area contributed by atoms with Gasteiger partial charge in [-0.25, -0.2) is 0 Å². The highest BCUT2D eigenvalue weighted by Crippen LogP contribution is 2.46. The molecule has 0 N–H and O–H groups in total. The Kier molecular flexibility index (Phi) is 5.52. The molecule has 5 heteroatoms. The molecule has 2 atom stereocenters. The second-order valence-electron chi connectivity index (χ2n) is 10.4. The molecule has 0 spiro atoms. The largest absolute Gasteiger partial charge is 0.332 e. The topological polar surface area (TPSA) is 54.3 Å². The molecule has 0 bridgehead atoms. The molecule has 5 heterocycles. The van der Waals surface area contributed by atoms with Crippen LogP contribution in [-0.4, -0.2) is 27.2 Å². The van der Waals surface area contributed by atoms with E-state index in [4.69, 9.17) is 9.97 Å². The van der Waals surface area contributed by atoms with E-state index in [1.807, 2.05) is 43.0 Å². The Morgan fingerprint density at radius 3 is 2.29 bits per heavy atom. The van der Waals surface area contributed by atoms with Gasteiger partial charge in [0.05, 0.1) is 22.9 Å². The van der Waals surface area contributed by atoms with Gasteiger partial charge < -0.3 is 4.90 Å². The quantitative estimate of drug-likeness (QED) is 0.232. The lowest BCUT2D eigenvalue weighted by Gasteiger charge is -2.28. The third-order valence-electron chi connectivity index (χ3n) is 8.03. The van der Waals surface area contributed by atoms with Gasteiger partial charge in [0.2, 0.25) is 0 Å². The van der Waals surface area contributed by atoms with Gasteiger partial charge in [0, 0.05) is 70.4 Å². The third-order valence-corrected chi connectivity index (χ3v) is 8.03. The summed E-state index contributed by atoms with van der Waals surface area (Å²) < 4.78 is 0. The minimum atomic E-state index is 0.173. The average Bonchev–Trinajstić information content (AvgIpc) is 3.39. The molecular weight excluding hydrogens is 502 g/mol. The summed E-state index contributed by atoms with van der Waals surface area (Å²) in [6, 6.07) is 36.1. The number of aromatic nitrogens is 3. The van der Waals surface area contributed by atoms with Gasteiger partial charge in [-0.3, -0.25) is 19.9 Å². The standard InChI is InChI=1S/C36H25N5/c1-2-12-34-30(10-1)31-17-19-37-23-35(31)41(34)28-9-3-7-25(20-28)26-13-15-32(39-21-26)33-16-14-27(22-40-33)29-11-4-6-24-8-5-18-38-36(24)29/h1-23,31,35H. The molecule has 2 unspecified atom stereocenters. The maximum atomic E-state index is 4.79. The van der Waals surface area contributed by atoms with Crippen LogP contribution in [0.3, 0.4) is 0 Å². The van der Waals surface area contributed by atoms with E-state index >= 15 is 0 Å². The number of fused-ring (bicyclic) bond motifs is 4. The summed E-state index contributed by atoms with van der Waals surface area (Å²) in [7, 11) is 0. The summed E-state index contributed by atoms with van der Waals surface area (Å²) >= 11 is 0. The Morgan fingerprint density at radius 2 is 1.44 bits per heavy atom. The predicted octanol–water partition coefficient (Wildman–Crippen LogP) is 8.23. The van der Waals surface area contributed by atoms with Crippen molar-refractivity contribution < 1.29 is 0 Å². The highest BCUT2D eigenvalue weighted by molar-refractivity contribution is 5.93. The van der Waals surface area contributed by atoms with Crippen molar-refractivity contribution >= 4 is 28.5 Å². The minimum Gasteiger partial charge on any atom is -0.332 e. The van der Waals surface area contributed by atoms with Crippen LogP contribution >= 0.6 is 0 Å². The summed E-state index contributed by atoms with van der Waals surface area (Å²) in [4.78, 5) is 21.0. The molecule has 6 aromatic rings. The van der Waals surface area contributed by atoms with Crippen LogP contribution in [-0.2, 0) is 0 Å². The molecule has 2 aliphatic heterocycles. The molecule has 0 aliphatic carbocycles. The van der Waals surface area contributed by atoms with Crippen LogP contribution in [0.2, 0.25) is 0 Å². The van der Waals surface area contributed by atoms with Crippen molar-refractivity contribution in [3.63, 3.8) is 0 Å². The molecule has 0 radical (unpaired) electrons.